The molecule has 2 nitrogen and oxygen atoms in total. The van der Waals surface area contributed by atoms with E-state index in [9.17, 15) is 0 Å². The summed E-state index contributed by atoms with van der Waals surface area (Å²) in [7, 11) is 0. The van der Waals surface area contributed by atoms with Gasteiger partial charge < -0.3 is 5.32 Å². The fraction of sp³-hybridized carbons (Fsp3) is 0.824. The van der Waals surface area contributed by atoms with Gasteiger partial charge >= 0.3 is 0 Å². The summed E-state index contributed by atoms with van der Waals surface area (Å²) in [6.07, 6.45) is 6.05. The van der Waals surface area contributed by atoms with Gasteiger partial charge in [-0.1, -0.05) is 27.7 Å². The van der Waals surface area contributed by atoms with Crippen LogP contribution in [0.25, 0.3) is 0 Å². The van der Waals surface area contributed by atoms with Crippen molar-refractivity contribution in [3.05, 3.63) is 15.6 Å². The molecule has 2 rings (SSSR count). The van der Waals surface area contributed by atoms with E-state index in [2.05, 4.69) is 39.9 Å². The second-order valence-electron chi connectivity index (χ2n) is 6.58. The number of hydrogen-bond acceptors (Lipinski definition) is 3. The van der Waals surface area contributed by atoms with Crippen LogP contribution in [0.2, 0.25) is 0 Å². The van der Waals surface area contributed by atoms with E-state index in [0.717, 1.165) is 24.8 Å². The second-order valence-corrected chi connectivity index (χ2v) is 7.78. The molecule has 1 saturated carbocycles. The molecular weight excluding hydrogens is 264 g/mol. The monoisotopic (exact) mass is 294 g/mol. The lowest BCUT2D eigenvalue weighted by Gasteiger charge is -2.42. The predicted molar refractivity (Wildman–Crippen MR) is 88.4 cm³/mol. The first-order valence-corrected chi connectivity index (χ1v) is 9.05. The molecule has 3 atom stereocenters. The fourth-order valence-electron chi connectivity index (χ4n) is 3.37. The first-order chi connectivity index (χ1) is 9.52. The van der Waals surface area contributed by atoms with Gasteiger partial charge in [-0.15, -0.1) is 11.3 Å². The van der Waals surface area contributed by atoms with Crippen LogP contribution < -0.4 is 5.32 Å². The van der Waals surface area contributed by atoms with E-state index in [-0.39, 0.29) is 5.54 Å². The van der Waals surface area contributed by atoms with Crippen LogP contribution in [0.1, 0.15) is 69.0 Å². The van der Waals surface area contributed by atoms with Gasteiger partial charge in [0.05, 0.1) is 11.2 Å². The maximum atomic E-state index is 4.99. The molecule has 114 valence electrons. The normalized spacial score (nSPS) is 30.6. The highest BCUT2D eigenvalue weighted by atomic mass is 32.1. The van der Waals surface area contributed by atoms with Gasteiger partial charge in [-0.2, -0.15) is 0 Å². The minimum Gasteiger partial charge on any atom is -0.305 e. The van der Waals surface area contributed by atoms with Crippen LogP contribution in [-0.2, 0) is 12.0 Å². The zero-order chi connectivity index (χ0) is 14.8. The van der Waals surface area contributed by atoms with Crippen molar-refractivity contribution in [2.45, 2.75) is 72.3 Å². The Morgan fingerprint density at radius 3 is 2.60 bits per heavy atom. The average Bonchev–Trinajstić information content (AvgIpc) is 2.82. The number of aryl methyl sites for hydroxylation is 2. The topological polar surface area (TPSA) is 24.9 Å². The van der Waals surface area contributed by atoms with Crippen molar-refractivity contribution in [3.8, 4) is 0 Å². The van der Waals surface area contributed by atoms with Gasteiger partial charge in [-0.3, -0.25) is 0 Å². The van der Waals surface area contributed by atoms with Crippen LogP contribution in [0.4, 0.5) is 0 Å². The lowest BCUT2D eigenvalue weighted by Crippen LogP contribution is -2.47. The van der Waals surface area contributed by atoms with Crippen molar-refractivity contribution in [3.63, 3.8) is 0 Å². The molecule has 1 heterocycles. The molecule has 1 aromatic heterocycles. The van der Waals surface area contributed by atoms with Crippen molar-refractivity contribution in [1.29, 1.82) is 0 Å². The van der Waals surface area contributed by atoms with Gasteiger partial charge in [0.15, 0.2) is 0 Å². The van der Waals surface area contributed by atoms with Gasteiger partial charge in [-0.05, 0) is 57.4 Å². The van der Waals surface area contributed by atoms with Gasteiger partial charge in [0.2, 0.25) is 0 Å². The highest BCUT2D eigenvalue weighted by molar-refractivity contribution is 7.11. The summed E-state index contributed by atoms with van der Waals surface area (Å²) in [5.74, 6) is 1.63. The van der Waals surface area contributed by atoms with Crippen molar-refractivity contribution in [2.24, 2.45) is 11.8 Å². The Balaban J connectivity index is 2.30. The molecule has 0 bridgehead atoms. The Morgan fingerprint density at radius 2 is 2.05 bits per heavy atom. The molecule has 0 saturated heterocycles. The molecule has 20 heavy (non-hydrogen) atoms. The molecule has 1 aliphatic rings. The van der Waals surface area contributed by atoms with Crippen molar-refractivity contribution >= 4 is 11.3 Å². The van der Waals surface area contributed by atoms with Gasteiger partial charge in [0, 0.05) is 4.88 Å². The fourth-order valence-corrected chi connectivity index (χ4v) is 4.57. The maximum Gasteiger partial charge on any atom is 0.113 e. The number of thiazole rings is 1. The molecule has 0 aliphatic heterocycles. The third-order valence-corrected chi connectivity index (χ3v) is 6.24. The van der Waals surface area contributed by atoms with E-state index in [1.807, 2.05) is 11.3 Å². The van der Waals surface area contributed by atoms with Gasteiger partial charge in [-0.25, -0.2) is 4.98 Å². The summed E-state index contributed by atoms with van der Waals surface area (Å²) in [6, 6.07) is 0. The van der Waals surface area contributed by atoms with Crippen molar-refractivity contribution in [1.82, 2.24) is 10.3 Å². The average molecular weight is 295 g/mol. The summed E-state index contributed by atoms with van der Waals surface area (Å²) in [4.78, 5) is 6.40. The van der Waals surface area contributed by atoms with Crippen LogP contribution in [-0.4, -0.2) is 11.5 Å². The molecule has 3 heteroatoms. The molecule has 0 radical (unpaired) electrons. The molecule has 1 fully saturated rings. The molecule has 3 unspecified atom stereocenters. The van der Waals surface area contributed by atoms with E-state index in [1.54, 1.807) is 0 Å². The lowest BCUT2D eigenvalue weighted by molar-refractivity contribution is 0.140. The van der Waals surface area contributed by atoms with Gasteiger partial charge in [0.25, 0.3) is 0 Å². The molecule has 1 N–H and O–H groups in total. The Hall–Kier alpha value is -0.410. The number of rotatable bonds is 5. The van der Waals surface area contributed by atoms with Crippen LogP contribution in [0.15, 0.2) is 0 Å². The highest BCUT2D eigenvalue weighted by Crippen LogP contribution is 2.44. The lowest BCUT2D eigenvalue weighted by atomic mass is 9.71. The Bertz CT molecular complexity index is 436. The number of nitrogens with one attached hydrogen (secondary N) is 1. The van der Waals surface area contributed by atoms with E-state index >= 15 is 0 Å². The zero-order valence-electron chi connectivity index (χ0n) is 13.8. The van der Waals surface area contributed by atoms with Crippen molar-refractivity contribution in [2.75, 3.05) is 6.54 Å². The van der Waals surface area contributed by atoms with Crippen LogP contribution >= 0.6 is 11.3 Å². The van der Waals surface area contributed by atoms with E-state index in [1.165, 1.54) is 41.3 Å². The highest BCUT2D eigenvalue weighted by Gasteiger charge is 2.41. The SMILES string of the molecule is CCCNC1(c2nc(CC)c(C)s2)CCC(C)C(C)C1. The quantitative estimate of drug-likeness (QED) is 0.854. The second kappa shape index (κ2) is 6.57. The molecule has 1 aromatic rings. The number of nitrogens with zero attached hydrogens (tertiary/aromatic N) is 1. The minimum absolute atomic E-state index is 0.144. The summed E-state index contributed by atoms with van der Waals surface area (Å²) >= 11 is 1.92. The predicted octanol–water partition coefficient (Wildman–Crippen LogP) is 4.66. The molecule has 0 spiro atoms. The molecule has 1 aliphatic carbocycles. The standard InChI is InChI=1S/C17H30N2S/c1-6-10-18-17(9-8-12(3)13(4)11-17)16-19-15(7-2)14(5)20-16/h12-13,18H,6-11H2,1-5H3. The molecule has 0 aromatic carbocycles. The number of hydrogen-bond donors (Lipinski definition) is 1. The van der Waals surface area contributed by atoms with Crippen LogP contribution in [0.3, 0.4) is 0 Å². The Morgan fingerprint density at radius 1 is 1.30 bits per heavy atom. The van der Waals surface area contributed by atoms with E-state index in [4.69, 9.17) is 4.98 Å². The third-order valence-electron chi connectivity index (χ3n) is 5.02. The van der Waals surface area contributed by atoms with Crippen LogP contribution in [0.5, 0.6) is 0 Å². The van der Waals surface area contributed by atoms with Crippen LogP contribution in [0, 0.1) is 18.8 Å². The molecule has 0 amide bonds. The molecular formula is C17H30N2S. The van der Waals surface area contributed by atoms with E-state index < -0.39 is 0 Å². The minimum atomic E-state index is 0.144. The smallest absolute Gasteiger partial charge is 0.113 e. The van der Waals surface area contributed by atoms with Crippen molar-refractivity contribution < 1.29 is 0 Å². The van der Waals surface area contributed by atoms with E-state index in [0.29, 0.717) is 0 Å². The third kappa shape index (κ3) is 3.09. The Kier molecular flexibility index (Phi) is 5.25. The summed E-state index contributed by atoms with van der Waals surface area (Å²) < 4.78 is 0. The largest absolute Gasteiger partial charge is 0.305 e. The Labute approximate surface area is 128 Å². The maximum absolute atomic E-state index is 4.99. The zero-order valence-corrected chi connectivity index (χ0v) is 14.6. The number of aromatic nitrogens is 1. The first kappa shape index (κ1) is 16.0. The first-order valence-electron chi connectivity index (χ1n) is 8.24. The summed E-state index contributed by atoms with van der Waals surface area (Å²) in [5, 5.41) is 5.21. The summed E-state index contributed by atoms with van der Waals surface area (Å²) in [6.45, 7) is 12.6. The van der Waals surface area contributed by atoms with Gasteiger partial charge in [0.1, 0.15) is 5.01 Å². The summed E-state index contributed by atoms with van der Waals surface area (Å²) in [5.41, 5.74) is 1.44.